The van der Waals surface area contributed by atoms with Gasteiger partial charge in [-0.05, 0) is 91.1 Å². The topological polar surface area (TPSA) is 44.0 Å². The lowest BCUT2D eigenvalue weighted by atomic mass is 9.76. The van der Waals surface area contributed by atoms with Crippen molar-refractivity contribution >= 4 is 45.8 Å². The quantitative estimate of drug-likeness (QED) is 0.184. The van der Waals surface area contributed by atoms with Crippen LogP contribution in [0, 0.1) is 5.41 Å². The Kier molecular flexibility index (Phi) is 9.41. The number of nitrogens with one attached hydrogen (secondary N) is 2. The first-order valence-electron chi connectivity index (χ1n) is 17.6. The van der Waals surface area contributed by atoms with E-state index in [0.717, 1.165) is 51.6 Å². The molecule has 0 fully saturated rings. The van der Waals surface area contributed by atoms with Crippen molar-refractivity contribution in [1.82, 2.24) is 4.57 Å². The third-order valence-electron chi connectivity index (χ3n) is 9.68. The van der Waals surface area contributed by atoms with Crippen molar-refractivity contribution in [3.63, 3.8) is 0 Å². The summed E-state index contributed by atoms with van der Waals surface area (Å²) in [4.78, 5) is 2.44. The van der Waals surface area contributed by atoms with Crippen LogP contribution in [-0.4, -0.2) is 10.3 Å². The Bertz CT molecular complexity index is 2390. The second-order valence-electron chi connectivity index (χ2n) is 13.7. The molecule has 8 rings (SSSR count). The third kappa shape index (κ3) is 6.73. The second-order valence-corrected chi connectivity index (χ2v) is 13.7. The van der Waals surface area contributed by atoms with Crippen LogP contribution < -0.4 is 20.8 Å². The van der Waals surface area contributed by atoms with Crippen LogP contribution in [0.25, 0.3) is 28.7 Å². The molecular formula is C47H44N4. The molecule has 0 saturated carbocycles. The van der Waals surface area contributed by atoms with E-state index < -0.39 is 0 Å². The Labute approximate surface area is 301 Å². The van der Waals surface area contributed by atoms with Crippen LogP contribution in [0.3, 0.4) is 0 Å². The van der Waals surface area contributed by atoms with Gasteiger partial charge in [0.2, 0.25) is 0 Å². The average molecular weight is 665 g/mol. The molecule has 1 aromatic heterocycles. The SMILES string of the molecule is C=C/C=C\C.CC1(C)CC2=CC=CC=C(C2)N(c2ccc(-n3c4c(c5ccccc53)=C/C(=C/Nc3ccccc3)C(=N)C=4)cc2)c2ccccc21. The molecule has 0 atom stereocenters. The van der Waals surface area contributed by atoms with Gasteiger partial charge in [0, 0.05) is 57.2 Å². The standard InChI is InChI=1S/C42H36N4.C5H8/c1-42(2)27-29-12-6-7-15-34(24-29)45(40-19-11-9-17-37(40)42)32-20-22-33(23-21-32)46-39-18-10-8-16-35(39)36-25-30(38(43)26-41(36)46)28-44-31-13-4-3-5-14-31;1-3-5-4-2/h3-23,25-26,28,43-44H,24,27H2,1-2H3;3-5H,1H2,2H3/b30-28-,43-38?;5-4-. The summed E-state index contributed by atoms with van der Waals surface area (Å²) in [6.45, 7) is 10.1. The Hall–Kier alpha value is -6.13. The largest absolute Gasteiger partial charge is 0.361 e. The molecule has 252 valence electrons. The summed E-state index contributed by atoms with van der Waals surface area (Å²) in [6, 6.07) is 36.4. The van der Waals surface area contributed by atoms with Gasteiger partial charge in [0.15, 0.2) is 0 Å². The van der Waals surface area contributed by atoms with Gasteiger partial charge in [-0.15, -0.1) is 0 Å². The predicted octanol–water partition coefficient (Wildman–Crippen LogP) is 10.6. The van der Waals surface area contributed by atoms with Gasteiger partial charge in [-0.1, -0.05) is 117 Å². The number of anilines is 3. The summed E-state index contributed by atoms with van der Waals surface area (Å²) >= 11 is 0. The first-order valence-corrected chi connectivity index (χ1v) is 17.6. The maximum atomic E-state index is 8.93. The normalized spacial score (nSPS) is 16.6. The summed E-state index contributed by atoms with van der Waals surface area (Å²) in [6.07, 6.45) is 22.5. The fourth-order valence-corrected chi connectivity index (χ4v) is 7.36. The fraction of sp³-hybridized carbons (Fsp3) is 0.128. The highest BCUT2D eigenvalue weighted by atomic mass is 15.2. The molecule has 0 amide bonds. The smallest absolute Gasteiger partial charge is 0.0648 e. The Morgan fingerprint density at radius 2 is 1.51 bits per heavy atom. The third-order valence-corrected chi connectivity index (χ3v) is 9.68. The van der Waals surface area contributed by atoms with E-state index >= 15 is 0 Å². The van der Waals surface area contributed by atoms with Gasteiger partial charge in [-0.25, -0.2) is 0 Å². The molecule has 0 radical (unpaired) electrons. The number of benzene rings is 4. The zero-order valence-corrected chi connectivity index (χ0v) is 29.6. The van der Waals surface area contributed by atoms with Gasteiger partial charge in [0.25, 0.3) is 0 Å². The summed E-state index contributed by atoms with van der Waals surface area (Å²) in [7, 11) is 0. The minimum atomic E-state index is 0.00810. The van der Waals surface area contributed by atoms with Crippen molar-refractivity contribution in [2.24, 2.45) is 0 Å². The van der Waals surface area contributed by atoms with Crippen LogP contribution in [0.1, 0.15) is 39.2 Å². The molecule has 0 spiro atoms. The maximum absolute atomic E-state index is 8.93. The van der Waals surface area contributed by atoms with Crippen molar-refractivity contribution in [2.75, 3.05) is 10.2 Å². The van der Waals surface area contributed by atoms with Gasteiger partial charge in [0.05, 0.1) is 16.6 Å². The van der Waals surface area contributed by atoms with E-state index in [1.54, 1.807) is 6.08 Å². The number of hydrogen-bond acceptors (Lipinski definition) is 3. The highest BCUT2D eigenvalue weighted by Crippen LogP contribution is 2.45. The van der Waals surface area contributed by atoms with Gasteiger partial charge in [-0.2, -0.15) is 0 Å². The highest BCUT2D eigenvalue weighted by Gasteiger charge is 2.32. The number of hydrogen-bond donors (Lipinski definition) is 2. The first kappa shape index (κ1) is 33.4. The zero-order chi connectivity index (χ0) is 35.4. The molecule has 2 bridgehead atoms. The van der Waals surface area contributed by atoms with Crippen molar-refractivity contribution in [3.8, 4) is 5.69 Å². The van der Waals surface area contributed by atoms with Crippen LogP contribution in [-0.2, 0) is 5.41 Å². The number of nitrogens with zero attached hydrogens (tertiary/aromatic N) is 2. The van der Waals surface area contributed by atoms with Crippen LogP contribution in [0.15, 0.2) is 175 Å². The lowest BCUT2D eigenvalue weighted by Gasteiger charge is -2.38. The minimum Gasteiger partial charge on any atom is -0.361 e. The monoisotopic (exact) mass is 664 g/mol. The van der Waals surface area contributed by atoms with E-state index in [4.69, 9.17) is 5.41 Å². The Morgan fingerprint density at radius 1 is 0.804 bits per heavy atom. The Morgan fingerprint density at radius 3 is 2.27 bits per heavy atom. The average Bonchev–Trinajstić information content (AvgIpc) is 3.27. The van der Waals surface area contributed by atoms with Gasteiger partial charge in [-0.3, -0.25) is 0 Å². The molecule has 4 nitrogen and oxygen atoms in total. The molecule has 0 saturated heterocycles. The van der Waals surface area contributed by atoms with E-state index in [1.807, 2.05) is 61.7 Å². The van der Waals surface area contributed by atoms with Crippen LogP contribution in [0.2, 0.25) is 0 Å². The molecule has 0 unspecified atom stereocenters. The zero-order valence-electron chi connectivity index (χ0n) is 29.6. The van der Waals surface area contributed by atoms with Crippen molar-refractivity contribution < 1.29 is 0 Å². The molecule has 4 aromatic carbocycles. The molecule has 2 heterocycles. The van der Waals surface area contributed by atoms with Crippen LogP contribution in [0.4, 0.5) is 17.1 Å². The lowest BCUT2D eigenvalue weighted by molar-refractivity contribution is 0.510. The summed E-state index contributed by atoms with van der Waals surface area (Å²) in [5.41, 5.74) is 11.0. The Balaban J connectivity index is 0.000000761. The highest BCUT2D eigenvalue weighted by molar-refractivity contribution is 6.24. The lowest BCUT2D eigenvalue weighted by Crippen LogP contribution is -2.33. The first-order chi connectivity index (χ1) is 24.9. The number of rotatable bonds is 5. The van der Waals surface area contributed by atoms with E-state index in [-0.39, 0.29) is 5.41 Å². The molecule has 1 aliphatic heterocycles. The minimum absolute atomic E-state index is 0.00810. The van der Waals surface area contributed by atoms with Gasteiger partial charge < -0.3 is 20.2 Å². The molecule has 51 heavy (non-hydrogen) atoms. The maximum Gasteiger partial charge on any atom is 0.0648 e. The number of aromatic nitrogens is 1. The van der Waals surface area contributed by atoms with Crippen LogP contribution in [0.5, 0.6) is 0 Å². The molecular weight excluding hydrogens is 621 g/mol. The number of para-hydroxylation sites is 3. The molecule has 3 aliphatic rings. The summed E-state index contributed by atoms with van der Waals surface area (Å²) in [5.74, 6) is 0. The second kappa shape index (κ2) is 14.4. The van der Waals surface area contributed by atoms with E-state index in [9.17, 15) is 0 Å². The summed E-state index contributed by atoms with van der Waals surface area (Å²) in [5, 5.41) is 15.6. The molecule has 5 aromatic rings. The molecule has 2 N–H and O–H groups in total. The van der Waals surface area contributed by atoms with Crippen LogP contribution >= 0.6 is 0 Å². The molecule has 2 aliphatic carbocycles. The number of fused-ring (bicyclic) bond motifs is 6. The fourth-order valence-electron chi connectivity index (χ4n) is 7.36. The summed E-state index contributed by atoms with van der Waals surface area (Å²) < 4.78 is 2.29. The van der Waals surface area contributed by atoms with Crippen molar-refractivity contribution in [3.05, 3.63) is 191 Å². The van der Waals surface area contributed by atoms with Gasteiger partial charge >= 0.3 is 0 Å². The number of allylic oxidation sites excluding steroid dienone is 9. The van der Waals surface area contributed by atoms with Crippen molar-refractivity contribution in [2.45, 2.75) is 39.0 Å². The van der Waals surface area contributed by atoms with E-state index in [0.29, 0.717) is 5.71 Å². The van der Waals surface area contributed by atoms with Gasteiger partial charge in [0.1, 0.15) is 0 Å². The van der Waals surface area contributed by atoms with E-state index in [1.165, 1.54) is 27.9 Å². The van der Waals surface area contributed by atoms with Crippen molar-refractivity contribution in [1.29, 1.82) is 5.41 Å². The van der Waals surface area contributed by atoms with E-state index in [2.05, 4.69) is 138 Å². The molecule has 4 heteroatoms. The predicted molar refractivity (Wildman–Crippen MR) is 218 cm³/mol.